The predicted molar refractivity (Wildman–Crippen MR) is 83.9 cm³/mol. The second-order valence-electron chi connectivity index (χ2n) is 4.53. The molecule has 0 amide bonds. The van der Waals surface area contributed by atoms with Crippen molar-refractivity contribution in [2.75, 3.05) is 14.2 Å². The summed E-state index contributed by atoms with van der Waals surface area (Å²) in [4.78, 5) is 0. The quantitative estimate of drug-likeness (QED) is 0.726. The van der Waals surface area contributed by atoms with Gasteiger partial charge >= 0.3 is 0 Å². The van der Waals surface area contributed by atoms with Crippen molar-refractivity contribution in [2.45, 2.75) is 6.54 Å². The molecule has 6 heteroatoms. The van der Waals surface area contributed by atoms with E-state index in [1.807, 2.05) is 41.1 Å². The van der Waals surface area contributed by atoms with Gasteiger partial charge in [0.05, 0.1) is 26.3 Å². The number of benzene rings is 2. The Morgan fingerprint density at radius 3 is 2.57 bits per heavy atom. The van der Waals surface area contributed by atoms with Crippen molar-refractivity contribution < 1.29 is 9.47 Å². The van der Waals surface area contributed by atoms with Crippen molar-refractivity contribution in [2.24, 2.45) is 0 Å². The van der Waals surface area contributed by atoms with Gasteiger partial charge in [0.25, 0.3) is 0 Å². The van der Waals surface area contributed by atoms with Gasteiger partial charge in [0, 0.05) is 4.47 Å². The molecule has 0 saturated carbocycles. The molecule has 0 spiro atoms. The molecule has 0 N–H and O–H groups in total. The zero-order valence-corrected chi connectivity index (χ0v) is 13.3. The van der Waals surface area contributed by atoms with E-state index >= 15 is 0 Å². The Bertz CT molecular complexity index is 786. The van der Waals surface area contributed by atoms with Gasteiger partial charge < -0.3 is 9.47 Å². The number of ether oxygens (including phenoxy) is 2. The first-order valence-electron chi connectivity index (χ1n) is 6.41. The largest absolute Gasteiger partial charge is 0.493 e. The first-order valence-corrected chi connectivity index (χ1v) is 7.21. The van der Waals surface area contributed by atoms with E-state index in [4.69, 9.17) is 9.47 Å². The number of nitrogens with zero attached hydrogens (tertiary/aromatic N) is 3. The average molecular weight is 348 g/mol. The molecule has 0 atom stereocenters. The number of hydrogen-bond acceptors (Lipinski definition) is 4. The van der Waals surface area contributed by atoms with E-state index in [1.54, 1.807) is 14.2 Å². The van der Waals surface area contributed by atoms with Crippen LogP contribution >= 0.6 is 15.9 Å². The van der Waals surface area contributed by atoms with E-state index in [0.29, 0.717) is 18.0 Å². The van der Waals surface area contributed by atoms with Gasteiger partial charge in [0.15, 0.2) is 11.5 Å². The normalized spacial score (nSPS) is 10.8. The molecule has 1 aromatic heterocycles. The minimum absolute atomic E-state index is 0.599. The fourth-order valence-electron chi connectivity index (χ4n) is 2.21. The summed E-state index contributed by atoms with van der Waals surface area (Å²) in [7, 11) is 3.25. The van der Waals surface area contributed by atoms with Crippen molar-refractivity contribution in [3.63, 3.8) is 0 Å². The summed E-state index contributed by atoms with van der Waals surface area (Å²) >= 11 is 3.56. The molecule has 0 aliphatic heterocycles. The van der Waals surface area contributed by atoms with E-state index in [0.717, 1.165) is 21.1 Å². The lowest BCUT2D eigenvalue weighted by Gasteiger charge is -2.12. The smallest absolute Gasteiger partial charge is 0.161 e. The number of aromatic nitrogens is 3. The molecule has 0 radical (unpaired) electrons. The standard InChI is InChI=1S/C15H14BrN3O2/c1-20-14-7-10(11(16)8-15(14)21-2)9-19-13-6-4-3-5-12(13)17-18-19/h3-8H,9H2,1-2H3. The molecule has 0 bridgehead atoms. The van der Waals surface area contributed by atoms with Crippen LogP contribution in [0.3, 0.4) is 0 Å². The highest BCUT2D eigenvalue weighted by Gasteiger charge is 2.12. The van der Waals surface area contributed by atoms with Gasteiger partial charge in [0.2, 0.25) is 0 Å². The average Bonchev–Trinajstić information content (AvgIpc) is 2.92. The predicted octanol–water partition coefficient (Wildman–Crippen LogP) is 3.26. The van der Waals surface area contributed by atoms with Crippen LogP contribution < -0.4 is 9.47 Å². The van der Waals surface area contributed by atoms with Gasteiger partial charge in [-0.15, -0.1) is 5.10 Å². The molecule has 108 valence electrons. The van der Waals surface area contributed by atoms with Crippen LogP contribution in [0.1, 0.15) is 5.56 Å². The van der Waals surface area contributed by atoms with Crippen molar-refractivity contribution in [3.8, 4) is 11.5 Å². The number of hydrogen-bond donors (Lipinski definition) is 0. The summed E-state index contributed by atoms with van der Waals surface area (Å²) in [5.41, 5.74) is 2.93. The fraction of sp³-hybridized carbons (Fsp3) is 0.200. The first-order chi connectivity index (χ1) is 10.2. The number of methoxy groups -OCH3 is 2. The van der Waals surface area contributed by atoms with Crippen molar-refractivity contribution >= 4 is 27.0 Å². The Hall–Kier alpha value is -2.08. The summed E-state index contributed by atoms with van der Waals surface area (Å²) in [5.74, 6) is 1.39. The Morgan fingerprint density at radius 1 is 1.10 bits per heavy atom. The Labute approximate surface area is 130 Å². The molecule has 3 aromatic rings. The molecule has 5 nitrogen and oxygen atoms in total. The highest BCUT2D eigenvalue weighted by atomic mass is 79.9. The highest BCUT2D eigenvalue weighted by Crippen LogP contribution is 2.33. The molecule has 0 aliphatic rings. The Morgan fingerprint density at radius 2 is 1.81 bits per heavy atom. The third-order valence-electron chi connectivity index (χ3n) is 3.29. The summed E-state index contributed by atoms with van der Waals surface area (Å²) in [6.45, 7) is 0.599. The molecule has 1 heterocycles. The lowest BCUT2D eigenvalue weighted by molar-refractivity contribution is 0.354. The maximum absolute atomic E-state index is 5.35. The maximum atomic E-state index is 5.35. The topological polar surface area (TPSA) is 49.2 Å². The minimum atomic E-state index is 0.599. The van der Waals surface area contributed by atoms with Crippen LogP contribution in [-0.4, -0.2) is 29.2 Å². The maximum Gasteiger partial charge on any atom is 0.161 e. The van der Waals surface area contributed by atoms with Crippen LogP contribution in [0.2, 0.25) is 0 Å². The molecule has 3 rings (SSSR count). The lowest BCUT2D eigenvalue weighted by atomic mass is 10.2. The van der Waals surface area contributed by atoms with Crippen LogP contribution in [0.15, 0.2) is 40.9 Å². The number of fused-ring (bicyclic) bond motifs is 1. The lowest BCUT2D eigenvalue weighted by Crippen LogP contribution is -2.03. The summed E-state index contributed by atoms with van der Waals surface area (Å²) in [5, 5.41) is 8.37. The van der Waals surface area contributed by atoms with E-state index in [1.165, 1.54) is 0 Å². The van der Waals surface area contributed by atoms with Crippen molar-refractivity contribution in [1.29, 1.82) is 0 Å². The van der Waals surface area contributed by atoms with E-state index in [2.05, 4.69) is 26.2 Å². The van der Waals surface area contributed by atoms with Crippen LogP contribution in [0, 0.1) is 0 Å². The third kappa shape index (κ3) is 2.58. The van der Waals surface area contributed by atoms with Crippen molar-refractivity contribution in [3.05, 3.63) is 46.4 Å². The monoisotopic (exact) mass is 347 g/mol. The van der Waals surface area contributed by atoms with E-state index in [-0.39, 0.29) is 0 Å². The van der Waals surface area contributed by atoms with Crippen molar-refractivity contribution in [1.82, 2.24) is 15.0 Å². The van der Waals surface area contributed by atoms with Gasteiger partial charge in [-0.2, -0.15) is 0 Å². The minimum Gasteiger partial charge on any atom is -0.493 e. The van der Waals surface area contributed by atoms with Crippen LogP contribution in [0.25, 0.3) is 11.0 Å². The van der Waals surface area contributed by atoms with Gasteiger partial charge in [-0.1, -0.05) is 33.3 Å². The third-order valence-corrected chi connectivity index (χ3v) is 4.03. The molecule has 21 heavy (non-hydrogen) atoms. The zero-order chi connectivity index (χ0) is 14.8. The van der Waals surface area contributed by atoms with Gasteiger partial charge in [0.1, 0.15) is 5.52 Å². The van der Waals surface area contributed by atoms with Gasteiger partial charge in [-0.05, 0) is 29.8 Å². The molecule has 2 aromatic carbocycles. The van der Waals surface area contributed by atoms with Gasteiger partial charge in [-0.3, -0.25) is 0 Å². The molecule has 0 saturated heterocycles. The Balaban J connectivity index is 2.01. The first kappa shape index (κ1) is 13.9. The Kier molecular flexibility index (Phi) is 3.79. The second-order valence-corrected chi connectivity index (χ2v) is 5.39. The van der Waals surface area contributed by atoms with Crippen LogP contribution in [0.5, 0.6) is 11.5 Å². The molecule has 0 unspecified atom stereocenters. The molecular formula is C15H14BrN3O2. The van der Waals surface area contributed by atoms with E-state index in [9.17, 15) is 0 Å². The summed E-state index contributed by atoms with van der Waals surface area (Å²) < 4.78 is 13.4. The zero-order valence-electron chi connectivity index (χ0n) is 11.7. The van der Waals surface area contributed by atoms with Gasteiger partial charge in [-0.25, -0.2) is 4.68 Å². The summed E-state index contributed by atoms with van der Waals surface area (Å²) in [6.07, 6.45) is 0. The second kappa shape index (κ2) is 5.73. The number of para-hydroxylation sites is 1. The number of halogens is 1. The number of rotatable bonds is 4. The van der Waals surface area contributed by atoms with Crippen LogP contribution in [-0.2, 0) is 6.54 Å². The van der Waals surface area contributed by atoms with E-state index < -0.39 is 0 Å². The molecule has 0 aliphatic carbocycles. The molecule has 0 fully saturated rings. The fourth-order valence-corrected chi connectivity index (χ4v) is 2.66. The SMILES string of the molecule is COc1cc(Br)c(Cn2nnc3ccccc32)cc1OC. The highest BCUT2D eigenvalue weighted by molar-refractivity contribution is 9.10. The van der Waals surface area contributed by atoms with Crippen LogP contribution in [0.4, 0.5) is 0 Å². The summed E-state index contributed by atoms with van der Waals surface area (Å²) in [6, 6.07) is 11.7. The molecular weight excluding hydrogens is 334 g/mol.